The number of rotatable bonds is 4. The Morgan fingerprint density at radius 1 is 1.06 bits per heavy atom. The molecule has 0 amide bonds. The van der Waals surface area contributed by atoms with Crippen molar-refractivity contribution in [3.8, 4) is 0 Å². The van der Waals surface area contributed by atoms with Crippen molar-refractivity contribution < 1.29 is 0 Å². The van der Waals surface area contributed by atoms with Crippen molar-refractivity contribution in [1.82, 2.24) is 10.6 Å². The van der Waals surface area contributed by atoms with Gasteiger partial charge in [-0.25, -0.2) is 0 Å². The Labute approximate surface area is 107 Å². The highest BCUT2D eigenvalue weighted by molar-refractivity contribution is 4.81. The molecule has 17 heavy (non-hydrogen) atoms. The Bertz CT molecular complexity index is 197. The van der Waals surface area contributed by atoms with Gasteiger partial charge in [-0.2, -0.15) is 0 Å². The lowest BCUT2D eigenvalue weighted by Crippen LogP contribution is -2.46. The van der Waals surface area contributed by atoms with Gasteiger partial charge in [0.15, 0.2) is 0 Å². The zero-order chi connectivity index (χ0) is 11.9. The third-order valence-electron chi connectivity index (χ3n) is 4.69. The van der Waals surface area contributed by atoms with Crippen LogP contribution in [0.3, 0.4) is 0 Å². The molecule has 1 aliphatic heterocycles. The second kappa shape index (κ2) is 7.38. The summed E-state index contributed by atoms with van der Waals surface area (Å²) in [6, 6.07) is 1.54. The van der Waals surface area contributed by atoms with E-state index in [1.807, 2.05) is 0 Å². The Balaban J connectivity index is 1.66. The maximum atomic E-state index is 3.81. The predicted octanol–water partition coefficient (Wildman–Crippen LogP) is 3.08. The molecule has 2 unspecified atom stereocenters. The summed E-state index contributed by atoms with van der Waals surface area (Å²) in [5.74, 6) is 0.970. The molecule has 0 aromatic heterocycles. The third-order valence-corrected chi connectivity index (χ3v) is 4.69. The number of hydrogen-bond donors (Lipinski definition) is 2. The van der Waals surface area contributed by atoms with Crippen LogP contribution in [0.15, 0.2) is 0 Å². The minimum Gasteiger partial charge on any atom is -0.313 e. The fourth-order valence-electron chi connectivity index (χ4n) is 3.41. The van der Waals surface area contributed by atoms with Gasteiger partial charge in [0.1, 0.15) is 0 Å². The number of piperidine rings is 1. The molecule has 1 aliphatic carbocycles. The highest BCUT2D eigenvalue weighted by Crippen LogP contribution is 2.20. The molecule has 2 atom stereocenters. The van der Waals surface area contributed by atoms with Crippen LogP contribution in [-0.2, 0) is 0 Å². The molecule has 2 heteroatoms. The van der Waals surface area contributed by atoms with Crippen molar-refractivity contribution in [2.24, 2.45) is 5.92 Å². The van der Waals surface area contributed by atoms with Crippen LogP contribution in [0.25, 0.3) is 0 Å². The van der Waals surface area contributed by atoms with Gasteiger partial charge in [0, 0.05) is 18.6 Å². The molecule has 1 saturated heterocycles. The van der Waals surface area contributed by atoms with Crippen LogP contribution < -0.4 is 10.6 Å². The van der Waals surface area contributed by atoms with E-state index >= 15 is 0 Å². The normalized spacial score (nSPS) is 32.3. The largest absolute Gasteiger partial charge is 0.313 e. The zero-order valence-electron chi connectivity index (χ0n) is 11.5. The fourth-order valence-corrected chi connectivity index (χ4v) is 3.41. The van der Waals surface area contributed by atoms with E-state index < -0.39 is 0 Å². The lowest BCUT2D eigenvalue weighted by molar-refractivity contribution is 0.278. The van der Waals surface area contributed by atoms with Crippen molar-refractivity contribution in [2.45, 2.75) is 76.8 Å². The van der Waals surface area contributed by atoms with Crippen LogP contribution in [0.4, 0.5) is 0 Å². The monoisotopic (exact) mass is 238 g/mol. The minimum atomic E-state index is 0.733. The van der Waals surface area contributed by atoms with Gasteiger partial charge in [-0.3, -0.25) is 0 Å². The Morgan fingerprint density at radius 3 is 2.53 bits per heavy atom. The molecule has 0 radical (unpaired) electrons. The highest BCUT2D eigenvalue weighted by Gasteiger charge is 2.21. The summed E-state index contributed by atoms with van der Waals surface area (Å²) in [5.41, 5.74) is 0. The van der Waals surface area contributed by atoms with Crippen LogP contribution in [0.5, 0.6) is 0 Å². The van der Waals surface area contributed by atoms with E-state index in [0.717, 1.165) is 18.0 Å². The van der Waals surface area contributed by atoms with Gasteiger partial charge in [0.05, 0.1) is 0 Å². The molecular weight excluding hydrogens is 208 g/mol. The SMILES string of the molecule is CCC1CCNC(CNC2CCCCCC2)C1. The maximum absolute atomic E-state index is 3.81. The van der Waals surface area contributed by atoms with E-state index in [9.17, 15) is 0 Å². The van der Waals surface area contributed by atoms with E-state index in [4.69, 9.17) is 0 Å². The quantitative estimate of drug-likeness (QED) is 0.736. The molecule has 2 rings (SSSR count). The lowest BCUT2D eigenvalue weighted by Gasteiger charge is -2.31. The molecule has 100 valence electrons. The van der Waals surface area contributed by atoms with Crippen LogP contribution in [0, 0.1) is 5.92 Å². The fraction of sp³-hybridized carbons (Fsp3) is 1.00. The van der Waals surface area contributed by atoms with Gasteiger partial charge >= 0.3 is 0 Å². The highest BCUT2D eigenvalue weighted by atomic mass is 15.0. The molecule has 0 bridgehead atoms. The molecule has 0 aromatic carbocycles. The van der Waals surface area contributed by atoms with Crippen LogP contribution >= 0.6 is 0 Å². The predicted molar refractivity (Wildman–Crippen MR) is 74.3 cm³/mol. The summed E-state index contributed by atoms with van der Waals surface area (Å²) in [5, 5.41) is 7.49. The smallest absolute Gasteiger partial charge is 0.0195 e. The van der Waals surface area contributed by atoms with E-state index in [1.54, 1.807) is 0 Å². The topological polar surface area (TPSA) is 24.1 Å². The first-order chi connectivity index (χ1) is 8.38. The van der Waals surface area contributed by atoms with Gasteiger partial charge in [-0.15, -0.1) is 0 Å². The van der Waals surface area contributed by atoms with Crippen LogP contribution in [0.1, 0.15) is 64.7 Å². The van der Waals surface area contributed by atoms with Crippen molar-refractivity contribution in [3.05, 3.63) is 0 Å². The third kappa shape index (κ3) is 4.59. The number of nitrogens with one attached hydrogen (secondary N) is 2. The maximum Gasteiger partial charge on any atom is 0.0195 e. The van der Waals surface area contributed by atoms with E-state index in [0.29, 0.717) is 0 Å². The molecular formula is C15H30N2. The van der Waals surface area contributed by atoms with E-state index in [2.05, 4.69) is 17.6 Å². The summed E-state index contributed by atoms with van der Waals surface area (Å²) >= 11 is 0. The molecule has 0 spiro atoms. The average Bonchev–Trinajstić information content (AvgIpc) is 2.65. The summed E-state index contributed by atoms with van der Waals surface area (Å²) in [4.78, 5) is 0. The Morgan fingerprint density at radius 2 is 1.82 bits per heavy atom. The summed E-state index contributed by atoms with van der Waals surface area (Å²) in [6.07, 6.45) is 12.7. The molecule has 1 saturated carbocycles. The van der Waals surface area contributed by atoms with Crippen LogP contribution in [0.2, 0.25) is 0 Å². The summed E-state index contributed by atoms with van der Waals surface area (Å²) < 4.78 is 0. The van der Waals surface area contributed by atoms with Crippen molar-refractivity contribution >= 4 is 0 Å². The minimum absolute atomic E-state index is 0.733. The lowest BCUT2D eigenvalue weighted by atomic mass is 9.90. The van der Waals surface area contributed by atoms with Crippen LogP contribution in [-0.4, -0.2) is 25.2 Å². The Hall–Kier alpha value is -0.0800. The molecule has 2 nitrogen and oxygen atoms in total. The van der Waals surface area contributed by atoms with Crippen molar-refractivity contribution in [1.29, 1.82) is 0 Å². The van der Waals surface area contributed by atoms with Gasteiger partial charge in [0.25, 0.3) is 0 Å². The van der Waals surface area contributed by atoms with Crippen molar-refractivity contribution in [3.63, 3.8) is 0 Å². The van der Waals surface area contributed by atoms with Crippen molar-refractivity contribution in [2.75, 3.05) is 13.1 Å². The molecule has 2 fully saturated rings. The second-order valence-electron chi connectivity index (χ2n) is 6.05. The standard InChI is InChI=1S/C15H30N2/c1-2-13-9-10-16-15(11-13)12-17-14-7-5-3-4-6-8-14/h13-17H,2-12H2,1H3. The molecule has 1 heterocycles. The summed E-state index contributed by atoms with van der Waals surface area (Å²) in [7, 11) is 0. The van der Waals surface area contributed by atoms with Gasteiger partial charge in [0.2, 0.25) is 0 Å². The van der Waals surface area contributed by atoms with Gasteiger partial charge in [-0.05, 0) is 38.1 Å². The van der Waals surface area contributed by atoms with E-state index in [-0.39, 0.29) is 0 Å². The molecule has 2 N–H and O–H groups in total. The Kier molecular flexibility index (Phi) is 5.79. The second-order valence-corrected chi connectivity index (χ2v) is 6.05. The zero-order valence-corrected chi connectivity index (χ0v) is 11.5. The summed E-state index contributed by atoms with van der Waals surface area (Å²) in [6.45, 7) is 4.77. The molecule has 0 aromatic rings. The van der Waals surface area contributed by atoms with Gasteiger partial charge < -0.3 is 10.6 Å². The first-order valence-corrected chi connectivity index (χ1v) is 7.85. The van der Waals surface area contributed by atoms with Gasteiger partial charge in [-0.1, -0.05) is 39.0 Å². The first kappa shape index (κ1) is 13.4. The van der Waals surface area contributed by atoms with E-state index in [1.165, 1.54) is 70.9 Å². The molecule has 2 aliphatic rings. The number of hydrogen-bond acceptors (Lipinski definition) is 2. The average molecular weight is 238 g/mol. The first-order valence-electron chi connectivity index (χ1n) is 7.85.